The number of anilines is 1. The molecule has 1 aromatic rings. The SMILES string of the molecule is CN(CC(C)(C)C)c1cc(Cl)ccc1/C=C/C(=O)O. The molecule has 0 spiro atoms. The number of carbonyl (C=O) groups is 1. The molecule has 0 aliphatic heterocycles. The molecule has 0 heterocycles. The van der Waals surface area contributed by atoms with E-state index < -0.39 is 5.97 Å². The summed E-state index contributed by atoms with van der Waals surface area (Å²) in [4.78, 5) is 12.7. The van der Waals surface area contributed by atoms with Crippen molar-refractivity contribution in [3.63, 3.8) is 0 Å². The number of hydrogen-bond donors (Lipinski definition) is 1. The van der Waals surface area contributed by atoms with Gasteiger partial charge in [0.15, 0.2) is 0 Å². The van der Waals surface area contributed by atoms with Gasteiger partial charge in [-0.3, -0.25) is 0 Å². The molecule has 0 amide bonds. The fraction of sp³-hybridized carbons (Fsp3) is 0.400. The Bertz CT molecular complexity index is 489. The van der Waals surface area contributed by atoms with Crippen LogP contribution in [0.25, 0.3) is 6.08 Å². The van der Waals surface area contributed by atoms with Crippen LogP contribution in [0.1, 0.15) is 26.3 Å². The van der Waals surface area contributed by atoms with Crippen LogP contribution < -0.4 is 4.90 Å². The monoisotopic (exact) mass is 281 g/mol. The summed E-state index contributed by atoms with van der Waals surface area (Å²) in [5.41, 5.74) is 1.92. The van der Waals surface area contributed by atoms with Gasteiger partial charge in [0.25, 0.3) is 0 Å². The van der Waals surface area contributed by atoms with Gasteiger partial charge in [0.05, 0.1) is 0 Å². The molecule has 19 heavy (non-hydrogen) atoms. The fourth-order valence-corrected chi connectivity index (χ4v) is 2.11. The van der Waals surface area contributed by atoms with E-state index in [0.717, 1.165) is 23.9 Å². The molecule has 1 aromatic carbocycles. The first-order valence-electron chi connectivity index (χ1n) is 6.11. The fourth-order valence-electron chi connectivity index (χ4n) is 1.95. The van der Waals surface area contributed by atoms with Crippen LogP contribution in [0.2, 0.25) is 5.02 Å². The lowest BCUT2D eigenvalue weighted by atomic mass is 9.95. The zero-order valence-corrected chi connectivity index (χ0v) is 12.5. The van der Waals surface area contributed by atoms with Gasteiger partial charge in [-0.1, -0.05) is 38.4 Å². The summed E-state index contributed by atoms with van der Waals surface area (Å²) >= 11 is 6.03. The Morgan fingerprint density at radius 3 is 2.58 bits per heavy atom. The lowest BCUT2D eigenvalue weighted by Gasteiger charge is -2.29. The minimum Gasteiger partial charge on any atom is -0.478 e. The lowest BCUT2D eigenvalue weighted by molar-refractivity contribution is -0.131. The average molecular weight is 282 g/mol. The van der Waals surface area contributed by atoms with Crippen LogP contribution in [0.15, 0.2) is 24.3 Å². The van der Waals surface area contributed by atoms with Crippen molar-refractivity contribution in [3.05, 3.63) is 34.9 Å². The van der Waals surface area contributed by atoms with E-state index in [-0.39, 0.29) is 5.41 Å². The number of aliphatic carboxylic acids is 1. The quantitative estimate of drug-likeness (QED) is 0.851. The van der Waals surface area contributed by atoms with Gasteiger partial charge in [0, 0.05) is 30.4 Å². The third-order valence-corrected chi connectivity index (χ3v) is 2.76. The Morgan fingerprint density at radius 2 is 2.05 bits per heavy atom. The smallest absolute Gasteiger partial charge is 0.328 e. The average Bonchev–Trinajstić information content (AvgIpc) is 2.24. The molecular formula is C15H20ClNO2. The van der Waals surface area contributed by atoms with Crippen molar-refractivity contribution >= 4 is 29.3 Å². The molecule has 0 aliphatic rings. The van der Waals surface area contributed by atoms with Crippen LogP contribution in [-0.4, -0.2) is 24.7 Å². The maximum atomic E-state index is 10.6. The highest BCUT2D eigenvalue weighted by Crippen LogP contribution is 2.27. The highest BCUT2D eigenvalue weighted by atomic mass is 35.5. The van der Waals surface area contributed by atoms with E-state index in [2.05, 4.69) is 25.7 Å². The van der Waals surface area contributed by atoms with Gasteiger partial charge in [0.1, 0.15) is 0 Å². The third-order valence-electron chi connectivity index (χ3n) is 2.52. The Morgan fingerprint density at radius 1 is 1.42 bits per heavy atom. The highest BCUT2D eigenvalue weighted by molar-refractivity contribution is 6.31. The van der Waals surface area contributed by atoms with Crippen molar-refractivity contribution in [2.24, 2.45) is 5.41 Å². The van der Waals surface area contributed by atoms with Gasteiger partial charge in [-0.15, -0.1) is 0 Å². The van der Waals surface area contributed by atoms with E-state index in [9.17, 15) is 4.79 Å². The Balaban J connectivity index is 3.09. The van der Waals surface area contributed by atoms with E-state index >= 15 is 0 Å². The summed E-state index contributed by atoms with van der Waals surface area (Å²) in [6, 6.07) is 5.45. The third kappa shape index (κ3) is 5.35. The number of carboxylic acid groups (broad SMARTS) is 1. The summed E-state index contributed by atoms with van der Waals surface area (Å²) in [6.07, 6.45) is 2.73. The minimum absolute atomic E-state index is 0.144. The molecule has 0 fully saturated rings. The maximum absolute atomic E-state index is 10.6. The summed E-state index contributed by atoms with van der Waals surface area (Å²) in [6.45, 7) is 7.31. The zero-order chi connectivity index (χ0) is 14.6. The van der Waals surface area contributed by atoms with Gasteiger partial charge in [-0.25, -0.2) is 4.79 Å². The van der Waals surface area contributed by atoms with Crippen molar-refractivity contribution in [2.45, 2.75) is 20.8 Å². The van der Waals surface area contributed by atoms with Crippen molar-refractivity contribution in [1.82, 2.24) is 0 Å². The van der Waals surface area contributed by atoms with Gasteiger partial charge in [-0.2, -0.15) is 0 Å². The molecule has 0 unspecified atom stereocenters. The van der Waals surface area contributed by atoms with Crippen molar-refractivity contribution < 1.29 is 9.90 Å². The first-order chi connectivity index (χ1) is 8.69. The van der Waals surface area contributed by atoms with E-state index in [1.165, 1.54) is 0 Å². The molecule has 0 saturated heterocycles. The second-order valence-corrected chi connectivity index (χ2v) is 6.23. The molecule has 4 heteroatoms. The molecular weight excluding hydrogens is 262 g/mol. The van der Waals surface area contributed by atoms with Crippen LogP contribution in [0, 0.1) is 5.41 Å². The normalized spacial score (nSPS) is 11.8. The molecule has 0 radical (unpaired) electrons. The van der Waals surface area contributed by atoms with Crippen LogP contribution in [0.4, 0.5) is 5.69 Å². The van der Waals surface area contributed by atoms with Crippen LogP contribution >= 0.6 is 11.6 Å². The standard InChI is InChI=1S/C15H20ClNO2/c1-15(2,3)10-17(4)13-9-12(16)7-5-11(13)6-8-14(18)19/h5-9H,10H2,1-4H3,(H,18,19)/b8-6+. The van der Waals surface area contributed by atoms with Gasteiger partial charge in [-0.05, 0) is 29.2 Å². The van der Waals surface area contributed by atoms with E-state index in [1.54, 1.807) is 12.1 Å². The first-order valence-corrected chi connectivity index (χ1v) is 6.48. The molecule has 0 aromatic heterocycles. The summed E-state index contributed by atoms with van der Waals surface area (Å²) in [5.74, 6) is -0.959. The van der Waals surface area contributed by atoms with Crippen molar-refractivity contribution in [3.8, 4) is 0 Å². The van der Waals surface area contributed by atoms with Gasteiger partial charge in [0.2, 0.25) is 0 Å². The van der Waals surface area contributed by atoms with E-state index in [0.29, 0.717) is 5.02 Å². The number of nitrogens with zero attached hydrogens (tertiary/aromatic N) is 1. The molecule has 0 aliphatic carbocycles. The number of rotatable bonds is 4. The number of halogens is 1. The van der Waals surface area contributed by atoms with Crippen LogP contribution in [0.5, 0.6) is 0 Å². The van der Waals surface area contributed by atoms with Gasteiger partial charge < -0.3 is 10.0 Å². The predicted molar refractivity (Wildman–Crippen MR) is 80.8 cm³/mol. The van der Waals surface area contributed by atoms with Crippen LogP contribution in [-0.2, 0) is 4.79 Å². The van der Waals surface area contributed by atoms with Crippen LogP contribution in [0.3, 0.4) is 0 Å². The molecule has 0 saturated carbocycles. The molecule has 1 rings (SSSR count). The number of benzene rings is 1. The van der Waals surface area contributed by atoms with Crippen molar-refractivity contribution in [2.75, 3.05) is 18.5 Å². The largest absolute Gasteiger partial charge is 0.478 e. The zero-order valence-electron chi connectivity index (χ0n) is 11.8. The summed E-state index contributed by atoms with van der Waals surface area (Å²) in [7, 11) is 1.98. The predicted octanol–water partition coefficient (Wildman–Crippen LogP) is 3.92. The van der Waals surface area contributed by atoms with E-state index in [1.807, 2.05) is 19.2 Å². The Hall–Kier alpha value is -1.48. The molecule has 3 nitrogen and oxygen atoms in total. The maximum Gasteiger partial charge on any atom is 0.328 e. The second-order valence-electron chi connectivity index (χ2n) is 5.79. The first kappa shape index (κ1) is 15.6. The summed E-state index contributed by atoms with van der Waals surface area (Å²) in [5, 5.41) is 9.36. The van der Waals surface area contributed by atoms with Gasteiger partial charge >= 0.3 is 5.97 Å². The molecule has 0 bridgehead atoms. The van der Waals surface area contributed by atoms with E-state index in [4.69, 9.17) is 16.7 Å². The number of hydrogen-bond acceptors (Lipinski definition) is 2. The second kappa shape index (κ2) is 6.11. The summed E-state index contributed by atoms with van der Waals surface area (Å²) < 4.78 is 0. The lowest BCUT2D eigenvalue weighted by Crippen LogP contribution is -2.29. The molecule has 0 atom stereocenters. The molecule has 1 N–H and O–H groups in total. The Kier molecular flexibility index (Phi) is 5.01. The molecule has 104 valence electrons. The Labute approximate surface area is 119 Å². The minimum atomic E-state index is -0.959. The van der Waals surface area contributed by atoms with Crippen molar-refractivity contribution in [1.29, 1.82) is 0 Å². The number of carboxylic acids is 1. The topological polar surface area (TPSA) is 40.5 Å². The highest BCUT2D eigenvalue weighted by Gasteiger charge is 2.15.